The van der Waals surface area contributed by atoms with E-state index in [4.69, 9.17) is 4.74 Å². The second-order valence-corrected chi connectivity index (χ2v) is 3.90. The quantitative estimate of drug-likeness (QED) is 0.692. The molecule has 0 amide bonds. The predicted molar refractivity (Wildman–Crippen MR) is 61.0 cm³/mol. The van der Waals surface area contributed by atoms with Gasteiger partial charge in [0.05, 0.1) is 12.2 Å². The molecule has 0 aromatic carbocycles. The molecule has 15 heavy (non-hydrogen) atoms. The van der Waals surface area contributed by atoms with Crippen molar-refractivity contribution in [1.82, 2.24) is 15.1 Å². The molecule has 0 spiro atoms. The average molecular weight is 211 g/mol. The normalized spacial score (nSPS) is 13.0. The van der Waals surface area contributed by atoms with Crippen LogP contribution in [-0.4, -0.2) is 36.6 Å². The highest BCUT2D eigenvalue weighted by Gasteiger charge is 2.04. The Morgan fingerprint density at radius 1 is 1.60 bits per heavy atom. The van der Waals surface area contributed by atoms with Crippen LogP contribution in [0, 0.1) is 6.92 Å². The number of nitrogens with one attached hydrogen (secondary N) is 1. The van der Waals surface area contributed by atoms with Crippen molar-refractivity contribution in [2.75, 3.05) is 26.8 Å². The van der Waals surface area contributed by atoms with Gasteiger partial charge >= 0.3 is 0 Å². The van der Waals surface area contributed by atoms with Crippen molar-refractivity contribution in [3.8, 4) is 0 Å². The molecule has 1 N–H and O–H groups in total. The third kappa shape index (κ3) is 4.44. The van der Waals surface area contributed by atoms with E-state index in [2.05, 4.69) is 30.5 Å². The minimum absolute atomic E-state index is 0.404. The summed E-state index contributed by atoms with van der Waals surface area (Å²) in [5, 5.41) is 7.67. The fourth-order valence-corrected chi connectivity index (χ4v) is 1.42. The zero-order valence-electron chi connectivity index (χ0n) is 9.86. The third-order valence-electron chi connectivity index (χ3n) is 2.32. The van der Waals surface area contributed by atoms with Crippen LogP contribution in [0.2, 0.25) is 0 Å². The number of hydrogen-bond donors (Lipinski definition) is 1. The second kappa shape index (κ2) is 6.58. The highest BCUT2D eigenvalue weighted by Crippen LogP contribution is 2.04. The molecular weight excluding hydrogens is 190 g/mol. The lowest BCUT2D eigenvalue weighted by molar-refractivity contribution is 0.194. The lowest BCUT2D eigenvalue weighted by atomic mass is 10.3. The second-order valence-electron chi connectivity index (χ2n) is 3.90. The van der Waals surface area contributed by atoms with E-state index in [0.29, 0.717) is 6.04 Å². The Hall–Kier alpha value is -0.870. The summed E-state index contributed by atoms with van der Waals surface area (Å²) in [7, 11) is 1.73. The van der Waals surface area contributed by atoms with Crippen LogP contribution in [0.4, 0.5) is 0 Å². The first-order valence-corrected chi connectivity index (χ1v) is 5.44. The Morgan fingerprint density at radius 3 is 3.00 bits per heavy atom. The molecule has 0 aliphatic rings. The van der Waals surface area contributed by atoms with Crippen LogP contribution < -0.4 is 5.32 Å². The van der Waals surface area contributed by atoms with Crippen LogP contribution in [0.3, 0.4) is 0 Å². The van der Waals surface area contributed by atoms with E-state index < -0.39 is 0 Å². The average Bonchev–Trinajstić information content (AvgIpc) is 2.64. The summed E-state index contributed by atoms with van der Waals surface area (Å²) < 4.78 is 6.98. The molecule has 4 heteroatoms. The number of aromatic nitrogens is 2. The van der Waals surface area contributed by atoms with Gasteiger partial charge in [0.25, 0.3) is 0 Å². The first-order valence-electron chi connectivity index (χ1n) is 5.44. The fourth-order valence-electron chi connectivity index (χ4n) is 1.42. The Morgan fingerprint density at radius 2 is 2.40 bits per heavy atom. The van der Waals surface area contributed by atoms with Gasteiger partial charge in [0.2, 0.25) is 0 Å². The summed E-state index contributed by atoms with van der Waals surface area (Å²) in [6, 6.07) is 0.404. The summed E-state index contributed by atoms with van der Waals surface area (Å²) in [6.07, 6.45) is 5.02. The summed E-state index contributed by atoms with van der Waals surface area (Å²) >= 11 is 0. The minimum Gasteiger partial charge on any atom is -0.385 e. The smallest absolute Gasteiger partial charge is 0.0615 e. The molecule has 0 saturated heterocycles. The van der Waals surface area contributed by atoms with Gasteiger partial charge in [-0.15, -0.1) is 0 Å². The molecular formula is C11H21N3O. The van der Waals surface area contributed by atoms with Crippen molar-refractivity contribution in [3.05, 3.63) is 18.0 Å². The van der Waals surface area contributed by atoms with Crippen LogP contribution in [-0.2, 0) is 4.74 Å². The molecule has 1 atom stereocenters. The van der Waals surface area contributed by atoms with Crippen LogP contribution in [0.1, 0.15) is 24.9 Å². The molecule has 0 bridgehead atoms. The lowest BCUT2D eigenvalue weighted by Gasteiger charge is -2.12. The lowest BCUT2D eigenvalue weighted by Crippen LogP contribution is -2.25. The van der Waals surface area contributed by atoms with Crippen LogP contribution in [0.15, 0.2) is 12.4 Å². The van der Waals surface area contributed by atoms with Crippen molar-refractivity contribution >= 4 is 0 Å². The number of aryl methyl sites for hydroxylation is 1. The van der Waals surface area contributed by atoms with E-state index in [0.717, 1.165) is 26.1 Å². The van der Waals surface area contributed by atoms with Crippen LogP contribution in [0.25, 0.3) is 0 Å². The van der Waals surface area contributed by atoms with Crippen LogP contribution in [0.5, 0.6) is 0 Å². The number of methoxy groups -OCH3 is 1. The zero-order valence-corrected chi connectivity index (χ0v) is 9.86. The molecule has 0 aliphatic heterocycles. The zero-order chi connectivity index (χ0) is 11.1. The van der Waals surface area contributed by atoms with Gasteiger partial charge in [0.1, 0.15) is 0 Å². The van der Waals surface area contributed by atoms with Gasteiger partial charge in [-0.3, -0.25) is 4.68 Å². The van der Waals surface area contributed by atoms with Gasteiger partial charge in [-0.25, -0.2) is 0 Å². The van der Waals surface area contributed by atoms with E-state index in [1.54, 1.807) is 7.11 Å². The van der Waals surface area contributed by atoms with E-state index in [-0.39, 0.29) is 0 Å². The molecule has 1 unspecified atom stereocenters. The Kier molecular flexibility index (Phi) is 5.36. The van der Waals surface area contributed by atoms with Crippen molar-refractivity contribution in [2.45, 2.75) is 26.3 Å². The highest BCUT2D eigenvalue weighted by atomic mass is 16.5. The largest absolute Gasteiger partial charge is 0.385 e. The van der Waals surface area contributed by atoms with Crippen molar-refractivity contribution < 1.29 is 4.74 Å². The molecule has 0 fully saturated rings. The molecule has 1 rings (SSSR count). The number of hydrogen-bond acceptors (Lipinski definition) is 3. The van der Waals surface area contributed by atoms with E-state index in [9.17, 15) is 0 Å². The summed E-state index contributed by atoms with van der Waals surface area (Å²) in [4.78, 5) is 0. The van der Waals surface area contributed by atoms with Gasteiger partial charge in [0, 0.05) is 26.5 Å². The molecule has 0 aliphatic carbocycles. The molecule has 4 nitrogen and oxygen atoms in total. The Balaban J connectivity index is 2.16. The molecule has 0 radical (unpaired) electrons. The molecule has 1 heterocycles. The standard InChI is InChI=1S/C11H21N3O/c1-10-7-13-14(9-10)11(2)8-12-5-4-6-15-3/h7,9,11-12H,4-6,8H2,1-3H3. The summed E-state index contributed by atoms with van der Waals surface area (Å²) in [6.45, 7) is 6.99. The molecule has 1 aromatic heterocycles. The minimum atomic E-state index is 0.404. The maximum Gasteiger partial charge on any atom is 0.0615 e. The summed E-state index contributed by atoms with van der Waals surface area (Å²) in [5.41, 5.74) is 1.21. The van der Waals surface area contributed by atoms with Crippen molar-refractivity contribution in [1.29, 1.82) is 0 Å². The van der Waals surface area contributed by atoms with Crippen LogP contribution >= 0.6 is 0 Å². The fraction of sp³-hybridized carbons (Fsp3) is 0.727. The van der Waals surface area contributed by atoms with Crippen molar-refractivity contribution in [2.24, 2.45) is 0 Å². The van der Waals surface area contributed by atoms with Crippen molar-refractivity contribution in [3.63, 3.8) is 0 Å². The Labute approximate surface area is 91.6 Å². The molecule has 0 saturated carbocycles. The third-order valence-corrected chi connectivity index (χ3v) is 2.32. The van der Waals surface area contributed by atoms with E-state index in [1.807, 2.05) is 10.9 Å². The number of rotatable bonds is 7. The molecule has 86 valence electrons. The summed E-state index contributed by atoms with van der Waals surface area (Å²) in [5.74, 6) is 0. The number of ether oxygens (including phenoxy) is 1. The van der Waals surface area contributed by atoms with Gasteiger partial charge in [-0.1, -0.05) is 0 Å². The maximum atomic E-state index is 4.98. The number of nitrogens with zero attached hydrogens (tertiary/aromatic N) is 2. The Bertz CT molecular complexity index is 273. The monoisotopic (exact) mass is 211 g/mol. The topological polar surface area (TPSA) is 39.1 Å². The predicted octanol–water partition coefficient (Wildman–Crippen LogP) is 1.38. The van der Waals surface area contributed by atoms with Gasteiger partial charge < -0.3 is 10.1 Å². The highest BCUT2D eigenvalue weighted by molar-refractivity contribution is 5.00. The SMILES string of the molecule is COCCCNCC(C)n1cc(C)cn1. The van der Waals surface area contributed by atoms with Gasteiger partial charge in [-0.2, -0.15) is 5.10 Å². The first kappa shape index (κ1) is 12.2. The van der Waals surface area contributed by atoms with E-state index >= 15 is 0 Å². The van der Waals surface area contributed by atoms with Gasteiger partial charge in [-0.05, 0) is 32.4 Å². The first-order chi connectivity index (χ1) is 7.24. The van der Waals surface area contributed by atoms with E-state index in [1.165, 1.54) is 5.56 Å². The van der Waals surface area contributed by atoms with Gasteiger partial charge in [0.15, 0.2) is 0 Å². The molecule has 1 aromatic rings. The maximum absolute atomic E-state index is 4.98.